The monoisotopic (exact) mass is 394 g/mol. The number of halogens is 2. The van der Waals surface area contributed by atoms with Crippen molar-refractivity contribution in [2.45, 2.75) is 64.6 Å². The highest BCUT2D eigenvalue weighted by Crippen LogP contribution is 2.35. The van der Waals surface area contributed by atoms with Gasteiger partial charge >= 0.3 is 0 Å². The molecule has 1 aliphatic carbocycles. The summed E-state index contributed by atoms with van der Waals surface area (Å²) in [5, 5.41) is 0. The van der Waals surface area contributed by atoms with Crippen LogP contribution in [0.2, 0.25) is 0 Å². The zero-order valence-corrected chi connectivity index (χ0v) is 17.0. The molecule has 2 aliphatic rings. The molecule has 1 aromatic carbocycles. The summed E-state index contributed by atoms with van der Waals surface area (Å²) in [5.74, 6) is -0.604. The van der Waals surface area contributed by atoms with E-state index in [0.717, 1.165) is 18.9 Å². The Morgan fingerprint density at radius 1 is 1.07 bits per heavy atom. The van der Waals surface area contributed by atoms with Crippen LogP contribution < -0.4 is 4.74 Å². The van der Waals surface area contributed by atoms with Gasteiger partial charge in [0, 0.05) is 5.92 Å². The summed E-state index contributed by atoms with van der Waals surface area (Å²) in [5.41, 5.74) is 0.363. The molecule has 0 spiro atoms. The number of ether oxygens (including phenoxy) is 3. The van der Waals surface area contributed by atoms with E-state index in [1.54, 1.807) is 13.0 Å². The van der Waals surface area contributed by atoms with Gasteiger partial charge in [0.1, 0.15) is 0 Å². The molecular formula is C23H32F2O3. The lowest BCUT2D eigenvalue weighted by Gasteiger charge is -2.32. The predicted molar refractivity (Wildman–Crippen MR) is 105 cm³/mol. The van der Waals surface area contributed by atoms with Gasteiger partial charge in [-0.25, -0.2) is 4.39 Å². The standard InChI is InChI=1S/C23H32F2O3/c1-3-5-16-6-8-17(9-7-16)14-27-21-13-10-18(15-28-21)19-11-12-20(26-4-2)23(25)22(19)24/h3,5,11-12,16-18,21H,4,6-10,13-15H2,1-2H3/b5-3+. The molecule has 28 heavy (non-hydrogen) atoms. The van der Waals surface area contributed by atoms with Crippen LogP contribution in [0.3, 0.4) is 0 Å². The second-order valence-electron chi connectivity index (χ2n) is 7.89. The summed E-state index contributed by atoms with van der Waals surface area (Å²) in [4.78, 5) is 0. The van der Waals surface area contributed by atoms with Crippen molar-refractivity contribution in [3.8, 4) is 5.75 Å². The maximum absolute atomic E-state index is 14.4. The fourth-order valence-corrected chi connectivity index (χ4v) is 4.30. The molecule has 1 saturated heterocycles. The zero-order valence-electron chi connectivity index (χ0n) is 17.0. The maximum atomic E-state index is 14.4. The minimum atomic E-state index is -0.911. The van der Waals surface area contributed by atoms with Gasteiger partial charge in [0.25, 0.3) is 0 Å². The van der Waals surface area contributed by atoms with E-state index >= 15 is 0 Å². The van der Waals surface area contributed by atoms with Crippen LogP contribution >= 0.6 is 0 Å². The van der Waals surface area contributed by atoms with E-state index in [1.165, 1.54) is 31.7 Å². The third-order valence-electron chi connectivity index (χ3n) is 5.92. The highest BCUT2D eigenvalue weighted by Gasteiger charge is 2.28. The number of rotatable bonds is 7. The molecule has 3 rings (SSSR count). The first-order valence-corrected chi connectivity index (χ1v) is 10.6. The number of allylic oxidation sites excluding steroid dienone is 2. The largest absolute Gasteiger partial charge is 0.491 e. The molecule has 1 aromatic rings. The molecule has 0 N–H and O–H groups in total. The van der Waals surface area contributed by atoms with Crippen LogP contribution in [-0.4, -0.2) is 26.1 Å². The van der Waals surface area contributed by atoms with Gasteiger partial charge < -0.3 is 14.2 Å². The van der Waals surface area contributed by atoms with E-state index in [-0.39, 0.29) is 18.0 Å². The lowest BCUT2D eigenvalue weighted by atomic mass is 9.82. The van der Waals surface area contributed by atoms with Gasteiger partial charge in [-0.15, -0.1) is 0 Å². The van der Waals surface area contributed by atoms with Gasteiger partial charge in [0.2, 0.25) is 5.82 Å². The van der Waals surface area contributed by atoms with Crippen LogP contribution in [0, 0.1) is 23.5 Å². The lowest BCUT2D eigenvalue weighted by molar-refractivity contribution is -0.175. The topological polar surface area (TPSA) is 27.7 Å². The Hall–Kier alpha value is -1.46. The van der Waals surface area contributed by atoms with Gasteiger partial charge in [0.15, 0.2) is 17.9 Å². The predicted octanol–water partition coefficient (Wildman–Crippen LogP) is 5.98. The van der Waals surface area contributed by atoms with Crippen LogP contribution in [0.5, 0.6) is 5.75 Å². The van der Waals surface area contributed by atoms with E-state index < -0.39 is 11.6 Å². The third kappa shape index (κ3) is 5.32. The van der Waals surface area contributed by atoms with Gasteiger partial charge in [0.05, 0.1) is 19.8 Å². The number of hydrogen-bond acceptors (Lipinski definition) is 3. The summed E-state index contributed by atoms with van der Waals surface area (Å²) >= 11 is 0. The quantitative estimate of drug-likeness (QED) is 0.532. The molecule has 2 atom stereocenters. The first kappa shape index (κ1) is 21.3. The van der Waals surface area contributed by atoms with Crippen molar-refractivity contribution in [3.05, 3.63) is 41.5 Å². The highest BCUT2D eigenvalue weighted by atomic mass is 19.2. The maximum Gasteiger partial charge on any atom is 0.200 e. The number of hydrogen-bond donors (Lipinski definition) is 0. The van der Waals surface area contributed by atoms with Crippen molar-refractivity contribution >= 4 is 0 Å². The average molecular weight is 395 g/mol. The normalized spacial score (nSPS) is 28.6. The van der Waals surface area contributed by atoms with E-state index in [2.05, 4.69) is 19.1 Å². The van der Waals surface area contributed by atoms with Crippen LogP contribution in [0.4, 0.5) is 8.78 Å². The Balaban J connectivity index is 1.44. The second-order valence-corrected chi connectivity index (χ2v) is 7.89. The Bertz CT molecular complexity index is 645. The molecule has 5 heteroatoms. The van der Waals surface area contributed by atoms with Crippen molar-refractivity contribution in [1.29, 1.82) is 0 Å². The van der Waals surface area contributed by atoms with Crippen LogP contribution in [-0.2, 0) is 9.47 Å². The Morgan fingerprint density at radius 2 is 1.86 bits per heavy atom. The van der Waals surface area contributed by atoms with E-state index in [1.807, 2.05) is 0 Å². The SMILES string of the molecule is C/C=C/C1CCC(COC2CCC(c3ccc(OCC)c(F)c3F)CO2)CC1. The molecule has 1 heterocycles. The minimum Gasteiger partial charge on any atom is -0.491 e. The van der Waals surface area contributed by atoms with Crippen molar-refractivity contribution in [2.24, 2.45) is 11.8 Å². The molecule has 3 nitrogen and oxygen atoms in total. The summed E-state index contributed by atoms with van der Waals surface area (Å²) in [6.07, 6.45) is 10.5. The molecule has 1 aliphatic heterocycles. The molecule has 0 bridgehead atoms. The van der Waals surface area contributed by atoms with E-state index in [4.69, 9.17) is 14.2 Å². The Kier molecular flexibility index (Phi) is 7.86. The van der Waals surface area contributed by atoms with E-state index in [0.29, 0.717) is 31.1 Å². The highest BCUT2D eigenvalue weighted by molar-refractivity contribution is 5.33. The summed E-state index contributed by atoms with van der Waals surface area (Å²) < 4.78 is 45.4. The summed E-state index contributed by atoms with van der Waals surface area (Å²) in [6, 6.07) is 3.12. The van der Waals surface area contributed by atoms with Gasteiger partial charge in [-0.3, -0.25) is 0 Å². The molecule has 2 unspecified atom stereocenters. The van der Waals surface area contributed by atoms with Crippen molar-refractivity contribution in [3.63, 3.8) is 0 Å². The molecule has 0 aromatic heterocycles. The first-order valence-electron chi connectivity index (χ1n) is 10.6. The van der Waals surface area contributed by atoms with Gasteiger partial charge in [-0.2, -0.15) is 4.39 Å². The Morgan fingerprint density at radius 3 is 2.50 bits per heavy atom. The molecule has 1 saturated carbocycles. The Labute approximate surface area is 167 Å². The van der Waals surface area contributed by atoms with Crippen molar-refractivity contribution < 1.29 is 23.0 Å². The van der Waals surface area contributed by atoms with Crippen molar-refractivity contribution in [1.82, 2.24) is 0 Å². The summed E-state index contributed by atoms with van der Waals surface area (Å²) in [6.45, 7) is 5.20. The van der Waals surface area contributed by atoms with Crippen LogP contribution in [0.15, 0.2) is 24.3 Å². The average Bonchev–Trinajstić information content (AvgIpc) is 2.72. The molecule has 2 fully saturated rings. The zero-order chi connectivity index (χ0) is 19.9. The molecule has 0 amide bonds. The fraction of sp³-hybridized carbons (Fsp3) is 0.652. The first-order chi connectivity index (χ1) is 13.6. The second kappa shape index (κ2) is 10.4. The minimum absolute atomic E-state index is 0.0363. The van der Waals surface area contributed by atoms with Crippen molar-refractivity contribution in [2.75, 3.05) is 19.8 Å². The molecule has 156 valence electrons. The molecular weight excluding hydrogens is 362 g/mol. The number of benzene rings is 1. The van der Waals surface area contributed by atoms with Gasteiger partial charge in [-0.1, -0.05) is 18.2 Å². The third-order valence-corrected chi connectivity index (χ3v) is 5.92. The fourth-order valence-electron chi connectivity index (χ4n) is 4.30. The molecule has 0 radical (unpaired) electrons. The van der Waals surface area contributed by atoms with Gasteiger partial charge in [-0.05, 0) is 75.8 Å². The van der Waals surface area contributed by atoms with E-state index in [9.17, 15) is 8.78 Å². The van der Waals surface area contributed by atoms with Crippen LogP contribution in [0.25, 0.3) is 0 Å². The smallest absolute Gasteiger partial charge is 0.200 e. The lowest BCUT2D eigenvalue weighted by Crippen LogP contribution is -2.30. The van der Waals surface area contributed by atoms with Crippen LogP contribution in [0.1, 0.15) is 63.9 Å². The summed E-state index contributed by atoms with van der Waals surface area (Å²) in [7, 11) is 0.